The van der Waals surface area contributed by atoms with Crippen LogP contribution in [-0.4, -0.2) is 17.2 Å². The van der Waals surface area contributed by atoms with Crippen LogP contribution in [0, 0.1) is 17.8 Å². The number of nitrogens with one attached hydrogen (secondary N) is 1. The molecule has 100 valence electrons. The zero-order chi connectivity index (χ0) is 13.4. The second-order valence-electron chi connectivity index (χ2n) is 6.87. The van der Waals surface area contributed by atoms with Crippen molar-refractivity contribution in [2.45, 2.75) is 70.4 Å². The summed E-state index contributed by atoms with van der Waals surface area (Å²) < 4.78 is 5.71. The number of terminal acetylenes is 1. The van der Waals surface area contributed by atoms with Gasteiger partial charge in [0.15, 0.2) is 0 Å². The third-order valence-electron chi connectivity index (χ3n) is 4.27. The summed E-state index contributed by atoms with van der Waals surface area (Å²) >= 11 is 0. The van der Waals surface area contributed by atoms with E-state index in [4.69, 9.17) is 11.2 Å². The van der Waals surface area contributed by atoms with Crippen molar-refractivity contribution in [3.63, 3.8) is 0 Å². The van der Waals surface area contributed by atoms with Gasteiger partial charge in [-0.15, -0.1) is 6.42 Å². The number of hydrogen-bond donors (Lipinski definition) is 1. The molecule has 3 aliphatic rings. The fourth-order valence-corrected chi connectivity index (χ4v) is 3.05. The monoisotopic (exact) mass is 249 g/mol. The van der Waals surface area contributed by atoms with Gasteiger partial charge in [-0.05, 0) is 59.3 Å². The average molecular weight is 249 g/mol. The second-order valence-corrected chi connectivity index (χ2v) is 6.87. The highest BCUT2D eigenvalue weighted by Crippen LogP contribution is 2.53. The predicted molar refractivity (Wildman–Crippen MR) is 71.1 cm³/mol. The van der Waals surface area contributed by atoms with Crippen molar-refractivity contribution < 1.29 is 9.53 Å². The van der Waals surface area contributed by atoms with Crippen LogP contribution in [0.2, 0.25) is 0 Å². The van der Waals surface area contributed by atoms with Crippen molar-refractivity contribution in [1.29, 1.82) is 0 Å². The molecule has 0 aliphatic heterocycles. The molecule has 3 heteroatoms. The van der Waals surface area contributed by atoms with E-state index >= 15 is 0 Å². The lowest BCUT2D eigenvalue weighted by atomic mass is 9.59. The van der Waals surface area contributed by atoms with Crippen molar-refractivity contribution in [1.82, 2.24) is 5.32 Å². The molecule has 0 atom stereocenters. The Morgan fingerprint density at radius 2 is 1.67 bits per heavy atom. The first-order valence-electron chi connectivity index (χ1n) is 6.77. The lowest BCUT2D eigenvalue weighted by molar-refractivity contribution is -0.0820. The molecule has 2 bridgehead atoms. The second kappa shape index (κ2) is 4.19. The molecule has 18 heavy (non-hydrogen) atoms. The molecule has 0 aromatic carbocycles. The number of carbonyl (C=O) groups excluding carboxylic acids is 1. The Hall–Kier alpha value is -1.17. The van der Waals surface area contributed by atoms with Gasteiger partial charge in [-0.1, -0.05) is 5.92 Å². The highest BCUT2D eigenvalue weighted by atomic mass is 16.6. The number of alkyl carbamates (subject to hydrolysis) is 1. The SMILES string of the molecule is C#CC12CCC(OC(=O)NC(C)(C)C)(CC1)CC2. The van der Waals surface area contributed by atoms with Crippen LogP contribution in [-0.2, 0) is 4.74 Å². The lowest BCUT2D eigenvalue weighted by Gasteiger charge is -2.50. The van der Waals surface area contributed by atoms with Gasteiger partial charge in [0, 0.05) is 11.0 Å². The molecule has 1 amide bonds. The first-order valence-corrected chi connectivity index (χ1v) is 6.77. The van der Waals surface area contributed by atoms with Crippen LogP contribution in [0.15, 0.2) is 0 Å². The summed E-state index contributed by atoms with van der Waals surface area (Å²) in [6.45, 7) is 5.87. The highest BCUT2D eigenvalue weighted by molar-refractivity contribution is 5.68. The summed E-state index contributed by atoms with van der Waals surface area (Å²) in [4.78, 5) is 11.9. The number of fused-ring (bicyclic) bond motifs is 3. The minimum atomic E-state index is -0.294. The van der Waals surface area contributed by atoms with Gasteiger partial charge in [-0.2, -0.15) is 0 Å². The molecule has 0 heterocycles. The third-order valence-corrected chi connectivity index (χ3v) is 4.27. The van der Waals surface area contributed by atoms with Gasteiger partial charge in [0.05, 0.1) is 0 Å². The molecule has 3 rings (SSSR count). The molecule has 0 aromatic heterocycles. The average Bonchev–Trinajstić information content (AvgIpc) is 2.28. The zero-order valence-corrected chi connectivity index (χ0v) is 11.6. The molecular weight excluding hydrogens is 226 g/mol. The van der Waals surface area contributed by atoms with Crippen molar-refractivity contribution in [3.8, 4) is 12.3 Å². The maximum absolute atomic E-state index is 11.9. The Bertz CT molecular complexity index is 362. The van der Waals surface area contributed by atoms with E-state index in [0.29, 0.717) is 0 Å². The predicted octanol–water partition coefficient (Wildman–Crippen LogP) is 3.24. The molecule has 3 saturated carbocycles. The fraction of sp³-hybridized carbons (Fsp3) is 0.800. The summed E-state index contributed by atoms with van der Waals surface area (Å²) in [6, 6.07) is 0. The van der Waals surface area contributed by atoms with Gasteiger partial charge in [0.1, 0.15) is 5.60 Å². The van der Waals surface area contributed by atoms with Gasteiger partial charge >= 0.3 is 6.09 Å². The van der Waals surface area contributed by atoms with E-state index in [0.717, 1.165) is 38.5 Å². The Morgan fingerprint density at radius 3 is 2.06 bits per heavy atom. The molecule has 0 unspecified atom stereocenters. The Morgan fingerprint density at radius 1 is 1.17 bits per heavy atom. The number of hydrogen-bond acceptors (Lipinski definition) is 2. The van der Waals surface area contributed by atoms with E-state index in [9.17, 15) is 4.79 Å². The number of carbonyl (C=O) groups is 1. The molecule has 3 fully saturated rings. The normalized spacial score (nSPS) is 34.8. The van der Waals surface area contributed by atoms with Crippen LogP contribution < -0.4 is 5.32 Å². The van der Waals surface area contributed by atoms with Crippen LogP contribution in [0.4, 0.5) is 4.79 Å². The summed E-state index contributed by atoms with van der Waals surface area (Å²) in [5.41, 5.74) is -0.417. The first kappa shape index (κ1) is 13.3. The highest BCUT2D eigenvalue weighted by Gasteiger charge is 2.50. The molecule has 3 aliphatic carbocycles. The van der Waals surface area contributed by atoms with Crippen LogP contribution in [0.3, 0.4) is 0 Å². The summed E-state index contributed by atoms with van der Waals surface area (Å²) in [6.07, 6.45) is 11.0. The maximum Gasteiger partial charge on any atom is 0.408 e. The summed E-state index contributed by atoms with van der Waals surface area (Å²) in [7, 11) is 0. The fourth-order valence-electron chi connectivity index (χ4n) is 3.05. The largest absolute Gasteiger partial charge is 0.443 e. The minimum absolute atomic E-state index is 0.0889. The van der Waals surface area contributed by atoms with Gasteiger partial charge < -0.3 is 10.1 Å². The van der Waals surface area contributed by atoms with Crippen LogP contribution >= 0.6 is 0 Å². The van der Waals surface area contributed by atoms with Gasteiger partial charge in [0.25, 0.3) is 0 Å². The Labute approximate surface area is 110 Å². The molecule has 0 radical (unpaired) electrons. The Balaban J connectivity index is 1.96. The maximum atomic E-state index is 11.9. The quantitative estimate of drug-likeness (QED) is 0.724. The van der Waals surface area contributed by atoms with E-state index in [1.54, 1.807) is 0 Å². The summed E-state index contributed by atoms with van der Waals surface area (Å²) in [5.74, 6) is 2.96. The number of rotatable bonds is 1. The van der Waals surface area contributed by atoms with Crippen LogP contribution in [0.25, 0.3) is 0 Å². The van der Waals surface area contributed by atoms with Crippen molar-refractivity contribution in [3.05, 3.63) is 0 Å². The number of ether oxygens (including phenoxy) is 1. The zero-order valence-electron chi connectivity index (χ0n) is 11.6. The van der Waals surface area contributed by atoms with E-state index in [1.807, 2.05) is 20.8 Å². The molecule has 1 N–H and O–H groups in total. The molecular formula is C15H23NO2. The Kier molecular flexibility index (Phi) is 3.09. The third kappa shape index (κ3) is 2.63. The van der Waals surface area contributed by atoms with Crippen molar-refractivity contribution in [2.24, 2.45) is 5.41 Å². The molecule has 3 nitrogen and oxygen atoms in total. The number of amides is 1. The first-order chi connectivity index (χ1) is 8.28. The van der Waals surface area contributed by atoms with Gasteiger partial charge in [0.2, 0.25) is 0 Å². The van der Waals surface area contributed by atoms with E-state index < -0.39 is 0 Å². The van der Waals surface area contributed by atoms with Crippen molar-refractivity contribution >= 4 is 6.09 Å². The van der Waals surface area contributed by atoms with E-state index in [-0.39, 0.29) is 22.6 Å². The smallest absolute Gasteiger partial charge is 0.408 e. The summed E-state index contributed by atoms with van der Waals surface area (Å²) in [5, 5.41) is 2.86. The topological polar surface area (TPSA) is 38.3 Å². The van der Waals surface area contributed by atoms with Gasteiger partial charge in [-0.3, -0.25) is 0 Å². The van der Waals surface area contributed by atoms with E-state index in [1.165, 1.54) is 0 Å². The standard InChI is InChI=1S/C15H23NO2/c1-5-14-6-9-15(10-7-14,11-8-14)18-12(17)16-13(2,3)4/h1H,6-11H2,2-4H3,(H,16,17). The molecule has 0 spiro atoms. The van der Waals surface area contributed by atoms with Crippen LogP contribution in [0.5, 0.6) is 0 Å². The van der Waals surface area contributed by atoms with E-state index in [2.05, 4.69) is 11.2 Å². The van der Waals surface area contributed by atoms with Gasteiger partial charge in [-0.25, -0.2) is 4.79 Å². The molecule has 0 aromatic rings. The van der Waals surface area contributed by atoms with Crippen LogP contribution in [0.1, 0.15) is 59.3 Å². The minimum Gasteiger partial charge on any atom is -0.443 e. The molecule has 0 saturated heterocycles. The van der Waals surface area contributed by atoms with Crippen molar-refractivity contribution in [2.75, 3.05) is 0 Å². The lowest BCUT2D eigenvalue weighted by Crippen LogP contribution is -2.51.